The van der Waals surface area contributed by atoms with Crippen molar-refractivity contribution in [1.82, 2.24) is 9.80 Å². The van der Waals surface area contributed by atoms with E-state index >= 15 is 0 Å². The first-order valence-electron chi connectivity index (χ1n) is 13.7. The summed E-state index contributed by atoms with van der Waals surface area (Å²) in [4.78, 5) is 44.4. The molecule has 0 aliphatic carbocycles. The van der Waals surface area contributed by atoms with Crippen molar-refractivity contribution in [3.8, 4) is 5.75 Å². The molecule has 0 aromatic heterocycles. The molecule has 196 valence electrons. The zero-order chi connectivity index (χ0) is 25.8. The van der Waals surface area contributed by atoms with Gasteiger partial charge in [0.25, 0.3) is 11.8 Å². The molecule has 0 N–H and O–H groups in total. The summed E-state index contributed by atoms with van der Waals surface area (Å²) >= 11 is 0. The molecule has 2 aromatic carbocycles. The van der Waals surface area contributed by atoms with Crippen LogP contribution in [0.2, 0.25) is 0 Å². The van der Waals surface area contributed by atoms with Crippen LogP contribution in [-0.2, 0) is 9.59 Å². The van der Waals surface area contributed by atoms with Gasteiger partial charge in [-0.3, -0.25) is 19.3 Å². The molecule has 2 aromatic rings. The highest BCUT2D eigenvalue weighted by atomic mass is 16.5. The van der Waals surface area contributed by atoms with Crippen LogP contribution in [0.1, 0.15) is 55.8 Å². The van der Waals surface area contributed by atoms with Crippen molar-refractivity contribution in [2.75, 3.05) is 37.7 Å². The first-order valence-corrected chi connectivity index (χ1v) is 13.7. The molecule has 3 amide bonds. The molecule has 3 aliphatic heterocycles. The van der Waals surface area contributed by atoms with E-state index in [4.69, 9.17) is 4.74 Å². The van der Waals surface area contributed by atoms with Crippen LogP contribution in [0.5, 0.6) is 5.75 Å². The van der Waals surface area contributed by atoms with Gasteiger partial charge >= 0.3 is 0 Å². The Labute approximate surface area is 219 Å². The molecule has 0 unspecified atom stereocenters. The van der Waals surface area contributed by atoms with E-state index in [0.717, 1.165) is 69.6 Å². The predicted octanol–water partition coefficient (Wildman–Crippen LogP) is 4.37. The Morgan fingerprint density at radius 3 is 2.11 bits per heavy atom. The van der Waals surface area contributed by atoms with Gasteiger partial charge in [0, 0.05) is 18.7 Å². The largest absolute Gasteiger partial charge is 0.494 e. The summed E-state index contributed by atoms with van der Waals surface area (Å²) in [6.07, 6.45) is 5.33. The van der Waals surface area contributed by atoms with Crippen LogP contribution in [0.3, 0.4) is 0 Å². The number of carbonyl (C=O) groups is 3. The Morgan fingerprint density at radius 2 is 1.49 bits per heavy atom. The molecule has 0 saturated carbocycles. The molecule has 5 rings (SSSR count). The number of amides is 3. The van der Waals surface area contributed by atoms with Crippen LogP contribution in [0.25, 0.3) is 0 Å². The second-order valence-electron chi connectivity index (χ2n) is 10.5. The van der Waals surface area contributed by atoms with E-state index < -0.39 is 0 Å². The topological polar surface area (TPSA) is 70.2 Å². The third-order valence-corrected chi connectivity index (χ3v) is 8.22. The molecule has 7 nitrogen and oxygen atoms in total. The summed E-state index contributed by atoms with van der Waals surface area (Å²) in [6.45, 7) is 6.00. The number of rotatable bonds is 7. The molecule has 3 saturated heterocycles. The minimum atomic E-state index is -0.366. The minimum absolute atomic E-state index is 0.113. The maximum absolute atomic E-state index is 13.3. The fourth-order valence-corrected chi connectivity index (χ4v) is 6.12. The van der Waals surface area contributed by atoms with E-state index in [1.807, 2.05) is 47.4 Å². The smallest absolute Gasteiger partial charge is 0.253 e. The highest BCUT2D eigenvalue weighted by Gasteiger charge is 2.44. The van der Waals surface area contributed by atoms with E-state index in [1.165, 1.54) is 4.90 Å². The standard InChI is InChI=1S/C30H37N3O4/c1-2-20-37-26-10-8-25(9-11-26)33-28(34)21-27(30(33)36)31-16-12-22(13-17-31)23-14-18-32(19-15-23)29(35)24-6-4-3-5-7-24/h3-11,22-23,27H,2,12-21H2,1H3/t27-/m1/s1. The number of imide groups is 1. The Bertz CT molecular complexity index is 1090. The molecular formula is C30H37N3O4. The first kappa shape index (κ1) is 25.5. The summed E-state index contributed by atoms with van der Waals surface area (Å²) < 4.78 is 5.62. The van der Waals surface area contributed by atoms with Crippen LogP contribution in [0, 0.1) is 11.8 Å². The Morgan fingerprint density at radius 1 is 0.865 bits per heavy atom. The molecule has 37 heavy (non-hydrogen) atoms. The van der Waals surface area contributed by atoms with Crippen LogP contribution >= 0.6 is 0 Å². The van der Waals surface area contributed by atoms with Crippen LogP contribution in [0.4, 0.5) is 5.69 Å². The zero-order valence-corrected chi connectivity index (χ0v) is 21.7. The number of piperidine rings is 2. The lowest BCUT2D eigenvalue weighted by Crippen LogP contribution is -2.47. The van der Waals surface area contributed by atoms with Gasteiger partial charge in [0.15, 0.2) is 0 Å². The summed E-state index contributed by atoms with van der Waals surface area (Å²) in [5.41, 5.74) is 1.38. The lowest BCUT2D eigenvalue weighted by atomic mass is 9.78. The highest BCUT2D eigenvalue weighted by molar-refractivity contribution is 6.22. The molecule has 7 heteroatoms. The van der Waals surface area contributed by atoms with Gasteiger partial charge in [0.2, 0.25) is 5.91 Å². The molecule has 0 spiro atoms. The second-order valence-corrected chi connectivity index (χ2v) is 10.5. The SMILES string of the molecule is CCCOc1ccc(N2C(=O)C[C@@H](N3CCC(C4CCN(C(=O)c5ccccc5)CC4)CC3)C2=O)cc1. The second kappa shape index (κ2) is 11.5. The van der Waals surface area contributed by atoms with E-state index in [0.29, 0.717) is 24.1 Å². The number of benzene rings is 2. The molecule has 0 bridgehead atoms. The molecule has 3 heterocycles. The zero-order valence-electron chi connectivity index (χ0n) is 21.7. The van der Waals surface area contributed by atoms with Crippen molar-refractivity contribution in [3.05, 3.63) is 60.2 Å². The van der Waals surface area contributed by atoms with Gasteiger partial charge in [-0.15, -0.1) is 0 Å². The number of anilines is 1. The van der Waals surface area contributed by atoms with Crippen molar-refractivity contribution < 1.29 is 19.1 Å². The average Bonchev–Trinajstić information content (AvgIpc) is 3.26. The normalized spacial score (nSPS) is 22.0. The van der Waals surface area contributed by atoms with Crippen LogP contribution < -0.4 is 9.64 Å². The number of hydrogen-bond donors (Lipinski definition) is 0. The fraction of sp³-hybridized carbons (Fsp3) is 0.500. The predicted molar refractivity (Wildman–Crippen MR) is 142 cm³/mol. The van der Waals surface area contributed by atoms with Gasteiger partial charge in [-0.1, -0.05) is 25.1 Å². The van der Waals surface area contributed by atoms with Gasteiger partial charge in [0.1, 0.15) is 5.75 Å². The lowest BCUT2D eigenvalue weighted by molar-refractivity contribution is -0.123. The van der Waals surface area contributed by atoms with Crippen molar-refractivity contribution >= 4 is 23.4 Å². The van der Waals surface area contributed by atoms with Crippen molar-refractivity contribution in [2.24, 2.45) is 11.8 Å². The molecule has 3 fully saturated rings. The van der Waals surface area contributed by atoms with E-state index in [2.05, 4.69) is 11.8 Å². The van der Waals surface area contributed by atoms with Crippen LogP contribution in [-0.4, -0.2) is 66.3 Å². The molecular weight excluding hydrogens is 466 g/mol. The number of ether oxygens (including phenoxy) is 1. The van der Waals surface area contributed by atoms with E-state index in [1.54, 1.807) is 12.1 Å². The third-order valence-electron chi connectivity index (χ3n) is 8.22. The van der Waals surface area contributed by atoms with Crippen molar-refractivity contribution in [3.63, 3.8) is 0 Å². The lowest BCUT2D eigenvalue weighted by Gasteiger charge is -2.41. The third kappa shape index (κ3) is 5.57. The van der Waals surface area contributed by atoms with Gasteiger partial charge in [-0.05, 0) is 93.4 Å². The molecule has 3 aliphatic rings. The maximum atomic E-state index is 13.3. The first-order chi connectivity index (χ1) is 18.0. The highest BCUT2D eigenvalue weighted by Crippen LogP contribution is 2.35. The number of nitrogens with zero attached hydrogens (tertiary/aromatic N) is 3. The quantitative estimate of drug-likeness (QED) is 0.525. The monoisotopic (exact) mass is 503 g/mol. The Hall–Kier alpha value is -3.19. The van der Waals surface area contributed by atoms with E-state index in [-0.39, 0.29) is 30.2 Å². The average molecular weight is 504 g/mol. The fourth-order valence-electron chi connectivity index (χ4n) is 6.12. The summed E-state index contributed by atoms with van der Waals surface area (Å²) in [5.74, 6) is 1.87. The molecule has 1 atom stereocenters. The van der Waals surface area contributed by atoms with E-state index in [9.17, 15) is 14.4 Å². The van der Waals surface area contributed by atoms with Gasteiger partial charge in [-0.2, -0.15) is 0 Å². The van der Waals surface area contributed by atoms with Gasteiger partial charge in [0.05, 0.1) is 24.8 Å². The molecule has 0 radical (unpaired) electrons. The van der Waals surface area contributed by atoms with Crippen molar-refractivity contribution in [1.29, 1.82) is 0 Å². The van der Waals surface area contributed by atoms with Gasteiger partial charge < -0.3 is 9.64 Å². The number of likely N-dealkylation sites (tertiary alicyclic amines) is 2. The summed E-state index contributed by atoms with van der Waals surface area (Å²) in [5, 5.41) is 0. The maximum Gasteiger partial charge on any atom is 0.253 e. The summed E-state index contributed by atoms with van der Waals surface area (Å²) in [7, 11) is 0. The summed E-state index contributed by atoms with van der Waals surface area (Å²) in [6, 6.07) is 16.4. The van der Waals surface area contributed by atoms with Crippen LogP contribution in [0.15, 0.2) is 54.6 Å². The van der Waals surface area contributed by atoms with Gasteiger partial charge in [-0.25, -0.2) is 4.90 Å². The minimum Gasteiger partial charge on any atom is -0.494 e. The Balaban J connectivity index is 1.11. The van der Waals surface area contributed by atoms with Crippen molar-refractivity contribution in [2.45, 2.75) is 51.5 Å². The Kier molecular flexibility index (Phi) is 7.89. The number of carbonyl (C=O) groups excluding carboxylic acids is 3. The number of hydrogen-bond acceptors (Lipinski definition) is 5.